The van der Waals surface area contributed by atoms with Gasteiger partial charge in [0.15, 0.2) is 6.10 Å². The topological polar surface area (TPSA) is 77.8 Å². The molecule has 0 bridgehead atoms. The van der Waals surface area contributed by atoms with Gasteiger partial charge in [-0.15, -0.1) is 0 Å². The predicted molar refractivity (Wildman–Crippen MR) is 50.5 cm³/mol. The molecule has 0 radical (unpaired) electrons. The average molecular weight is 217 g/mol. The summed E-state index contributed by atoms with van der Waals surface area (Å²) in [5.74, 6) is -1.29. The number of phenols is 1. The van der Waals surface area contributed by atoms with Crippen LogP contribution in [0.15, 0.2) is 18.2 Å². The number of aromatic hydroxyl groups is 1. The zero-order valence-corrected chi connectivity index (χ0v) is 7.90. The van der Waals surface area contributed by atoms with Gasteiger partial charge in [0.1, 0.15) is 5.75 Å². The molecule has 1 aromatic rings. The van der Waals surface area contributed by atoms with Gasteiger partial charge in [0, 0.05) is 11.4 Å². The van der Waals surface area contributed by atoms with Crippen LogP contribution in [0.2, 0.25) is 5.02 Å². The molecule has 1 atom stereocenters. The fraction of sp³-hybridized carbons (Fsp3) is 0.222. The molecular formula is C9H9ClO4. The zero-order chi connectivity index (χ0) is 10.7. The summed E-state index contributed by atoms with van der Waals surface area (Å²) in [6.45, 7) is 0. The summed E-state index contributed by atoms with van der Waals surface area (Å²) in [5.41, 5.74) is 0.486. The van der Waals surface area contributed by atoms with Crippen LogP contribution in [0.1, 0.15) is 5.56 Å². The minimum atomic E-state index is -1.47. The second-order valence-electron chi connectivity index (χ2n) is 2.83. The molecule has 14 heavy (non-hydrogen) atoms. The van der Waals surface area contributed by atoms with Crippen molar-refractivity contribution in [1.82, 2.24) is 0 Å². The van der Waals surface area contributed by atoms with Crippen molar-refractivity contribution in [3.63, 3.8) is 0 Å². The number of aliphatic carboxylic acids is 1. The van der Waals surface area contributed by atoms with Crippen molar-refractivity contribution in [2.75, 3.05) is 0 Å². The molecule has 0 spiro atoms. The molecule has 1 aromatic carbocycles. The van der Waals surface area contributed by atoms with Crippen LogP contribution >= 0.6 is 11.6 Å². The largest absolute Gasteiger partial charge is 0.508 e. The molecule has 0 aliphatic carbocycles. The molecule has 0 heterocycles. The molecule has 1 rings (SSSR count). The molecule has 4 nitrogen and oxygen atoms in total. The van der Waals surface area contributed by atoms with E-state index in [1.54, 1.807) is 0 Å². The molecule has 0 aromatic heterocycles. The Balaban J connectivity index is 2.82. The summed E-state index contributed by atoms with van der Waals surface area (Å²) in [6, 6.07) is 4.16. The summed E-state index contributed by atoms with van der Waals surface area (Å²) in [4.78, 5) is 10.3. The number of phenolic OH excluding ortho intramolecular Hbond substituents is 1. The Morgan fingerprint density at radius 3 is 2.64 bits per heavy atom. The number of aliphatic hydroxyl groups excluding tert-OH is 1. The summed E-state index contributed by atoms with van der Waals surface area (Å²) in [6.07, 6.45) is -1.55. The second-order valence-corrected chi connectivity index (χ2v) is 3.24. The van der Waals surface area contributed by atoms with E-state index in [0.29, 0.717) is 5.56 Å². The Morgan fingerprint density at radius 1 is 1.50 bits per heavy atom. The fourth-order valence-corrected chi connectivity index (χ4v) is 1.25. The molecule has 0 aliphatic rings. The quantitative estimate of drug-likeness (QED) is 0.705. The highest BCUT2D eigenvalue weighted by Gasteiger charge is 2.15. The van der Waals surface area contributed by atoms with Gasteiger partial charge in [-0.3, -0.25) is 0 Å². The van der Waals surface area contributed by atoms with Crippen LogP contribution in [0.5, 0.6) is 5.75 Å². The van der Waals surface area contributed by atoms with Crippen LogP contribution in [0.4, 0.5) is 0 Å². The number of hydrogen-bond acceptors (Lipinski definition) is 3. The maximum absolute atomic E-state index is 10.3. The number of carboxylic acid groups (broad SMARTS) is 1. The minimum absolute atomic E-state index is 0.00330. The van der Waals surface area contributed by atoms with E-state index < -0.39 is 12.1 Å². The Bertz CT molecular complexity index is 351. The van der Waals surface area contributed by atoms with Crippen LogP contribution < -0.4 is 0 Å². The first kappa shape index (κ1) is 10.8. The zero-order valence-electron chi connectivity index (χ0n) is 7.14. The lowest BCUT2D eigenvalue weighted by atomic mass is 10.1. The average Bonchev–Trinajstić information content (AvgIpc) is 2.09. The van der Waals surface area contributed by atoms with E-state index in [1.165, 1.54) is 18.2 Å². The third-order valence-corrected chi connectivity index (χ3v) is 2.09. The number of benzene rings is 1. The SMILES string of the molecule is O=C(O)C(O)Cc1ccc(O)cc1Cl. The lowest BCUT2D eigenvalue weighted by Crippen LogP contribution is -2.22. The monoisotopic (exact) mass is 216 g/mol. The Labute approximate surface area is 85.4 Å². The van der Waals surface area contributed by atoms with Crippen molar-refractivity contribution in [1.29, 1.82) is 0 Å². The molecule has 0 fully saturated rings. The molecule has 0 saturated heterocycles. The van der Waals surface area contributed by atoms with E-state index in [2.05, 4.69) is 0 Å². The van der Waals surface area contributed by atoms with E-state index in [-0.39, 0.29) is 17.2 Å². The number of carboxylic acids is 1. The van der Waals surface area contributed by atoms with E-state index >= 15 is 0 Å². The second kappa shape index (κ2) is 4.30. The highest BCUT2D eigenvalue weighted by Crippen LogP contribution is 2.22. The Kier molecular flexibility index (Phi) is 3.33. The summed E-state index contributed by atoms with van der Waals surface area (Å²) in [7, 11) is 0. The number of aliphatic hydroxyl groups is 1. The normalized spacial score (nSPS) is 12.4. The molecule has 5 heteroatoms. The van der Waals surface area contributed by atoms with Gasteiger partial charge in [0.05, 0.1) is 0 Å². The molecule has 1 unspecified atom stereocenters. The summed E-state index contributed by atoms with van der Waals surface area (Å²) < 4.78 is 0. The van der Waals surface area contributed by atoms with Crippen LogP contribution in [0, 0.1) is 0 Å². The predicted octanol–water partition coefficient (Wildman–Crippen LogP) is 1.03. The first-order valence-corrected chi connectivity index (χ1v) is 4.26. The minimum Gasteiger partial charge on any atom is -0.508 e. The van der Waals surface area contributed by atoms with Crippen LogP contribution in [-0.2, 0) is 11.2 Å². The lowest BCUT2D eigenvalue weighted by Gasteiger charge is -2.07. The van der Waals surface area contributed by atoms with Gasteiger partial charge in [-0.25, -0.2) is 4.79 Å². The number of hydrogen-bond donors (Lipinski definition) is 3. The van der Waals surface area contributed by atoms with E-state index in [1.807, 2.05) is 0 Å². The summed E-state index contributed by atoms with van der Waals surface area (Å²) >= 11 is 5.71. The van der Waals surface area contributed by atoms with Gasteiger partial charge in [-0.2, -0.15) is 0 Å². The highest BCUT2D eigenvalue weighted by atomic mass is 35.5. The smallest absolute Gasteiger partial charge is 0.332 e. The van der Waals surface area contributed by atoms with Crippen molar-refractivity contribution in [2.45, 2.75) is 12.5 Å². The van der Waals surface area contributed by atoms with Crippen molar-refractivity contribution in [2.24, 2.45) is 0 Å². The molecular weight excluding hydrogens is 208 g/mol. The molecule has 0 saturated carbocycles. The maximum Gasteiger partial charge on any atom is 0.332 e. The van der Waals surface area contributed by atoms with Crippen LogP contribution in [0.3, 0.4) is 0 Å². The summed E-state index contributed by atoms with van der Waals surface area (Å²) in [5, 5.41) is 26.8. The van der Waals surface area contributed by atoms with E-state index in [0.717, 1.165) is 0 Å². The van der Waals surface area contributed by atoms with Crippen molar-refractivity contribution < 1.29 is 20.1 Å². The molecule has 0 aliphatic heterocycles. The maximum atomic E-state index is 10.3. The standard InChI is InChI=1S/C9H9ClO4/c10-7-4-6(11)2-1-5(7)3-8(12)9(13)14/h1-2,4,8,11-12H,3H2,(H,13,14). The number of rotatable bonds is 3. The van der Waals surface area contributed by atoms with E-state index in [4.69, 9.17) is 26.9 Å². The van der Waals surface area contributed by atoms with Crippen LogP contribution in [0.25, 0.3) is 0 Å². The Hall–Kier alpha value is -1.26. The van der Waals surface area contributed by atoms with Crippen LogP contribution in [-0.4, -0.2) is 27.4 Å². The molecule has 0 amide bonds. The number of halogens is 1. The van der Waals surface area contributed by atoms with Gasteiger partial charge in [-0.05, 0) is 17.7 Å². The fourth-order valence-electron chi connectivity index (χ4n) is 0.997. The molecule has 3 N–H and O–H groups in total. The van der Waals surface area contributed by atoms with Crippen molar-refractivity contribution >= 4 is 17.6 Å². The van der Waals surface area contributed by atoms with Gasteiger partial charge < -0.3 is 15.3 Å². The Morgan fingerprint density at radius 2 is 2.14 bits per heavy atom. The van der Waals surface area contributed by atoms with Crippen molar-refractivity contribution in [3.8, 4) is 5.75 Å². The lowest BCUT2D eigenvalue weighted by molar-refractivity contribution is -0.146. The third-order valence-electron chi connectivity index (χ3n) is 1.73. The molecule has 76 valence electrons. The third kappa shape index (κ3) is 2.61. The first-order chi connectivity index (χ1) is 6.50. The van der Waals surface area contributed by atoms with Gasteiger partial charge in [0.25, 0.3) is 0 Å². The highest BCUT2D eigenvalue weighted by molar-refractivity contribution is 6.31. The van der Waals surface area contributed by atoms with Gasteiger partial charge in [-0.1, -0.05) is 17.7 Å². The van der Waals surface area contributed by atoms with Gasteiger partial charge in [0.2, 0.25) is 0 Å². The number of carbonyl (C=O) groups is 1. The first-order valence-electron chi connectivity index (χ1n) is 3.89. The van der Waals surface area contributed by atoms with Gasteiger partial charge >= 0.3 is 5.97 Å². The van der Waals surface area contributed by atoms with E-state index in [9.17, 15) is 4.79 Å². The van der Waals surface area contributed by atoms with Crippen molar-refractivity contribution in [3.05, 3.63) is 28.8 Å².